The van der Waals surface area contributed by atoms with E-state index < -0.39 is 0 Å². The largest absolute Gasteiger partial charge is 0.469 e. The molecule has 1 heterocycles. The number of methoxy groups -OCH3 is 1. The highest BCUT2D eigenvalue weighted by atomic mass is 127. The van der Waals surface area contributed by atoms with Crippen LogP contribution < -0.4 is 10.6 Å². The van der Waals surface area contributed by atoms with Gasteiger partial charge in [-0.05, 0) is 19.8 Å². The SMILES string of the molecule is CCNC(=NCC1CCCO1)NCCC(=O)OC.I. The smallest absolute Gasteiger partial charge is 0.307 e. The van der Waals surface area contributed by atoms with Gasteiger partial charge < -0.3 is 20.1 Å². The second kappa shape index (κ2) is 11.3. The summed E-state index contributed by atoms with van der Waals surface area (Å²) in [6, 6.07) is 0. The molecule has 0 amide bonds. The van der Waals surface area contributed by atoms with Crippen LogP contribution >= 0.6 is 24.0 Å². The number of nitrogens with one attached hydrogen (secondary N) is 2. The van der Waals surface area contributed by atoms with Crippen molar-refractivity contribution in [2.75, 3.05) is 33.4 Å². The minimum absolute atomic E-state index is 0. The molecule has 0 aromatic heterocycles. The zero-order valence-corrected chi connectivity index (χ0v) is 13.9. The summed E-state index contributed by atoms with van der Waals surface area (Å²) in [5.41, 5.74) is 0. The Morgan fingerprint density at radius 2 is 2.26 bits per heavy atom. The van der Waals surface area contributed by atoms with E-state index in [1.807, 2.05) is 6.92 Å². The fraction of sp³-hybridized carbons (Fsp3) is 0.833. The molecule has 1 atom stereocenters. The molecular formula is C12H24IN3O3. The van der Waals surface area contributed by atoms with Gasteiger partial charge in [0.1, 0.15) is 0 Å². The molecule has 1 unspecified atom stereocenters. The lowest BCUT2D eigenvalue weighted by Gasteiger charge is -2.12. The summed E-state index contributed by atoms with van der Waals surface area (Å²) in [7, 11) is 1.39. The number of carbonyl (C=O) groups excluding carboxylic acids is 1. The Balaban J connectivity index is 0.00000324. The quantitative estimate of drug-likeness (QED) is 0.308. The first-order chi connectivity index (χ1) is 8.76. The van der Waals surface area contributed by atoms with Gasteiger partial charge in [0.2, 0.25) is 0 Å². The van der Waals surface area contributed by atoms with Crippen LogP contribution in [0.25, 0.3) is 0 Å². The van der Waals surface area contributed by atoms with E-state index in [2.05, 4.69) is 20.4 Å². The van der Waals surface area contributed by atoms with Crippen molar-refractivity contribution in [3.63, 3.8) is 0 Å². The van der Waals surface area contributed by atoms with Crippen LogP contribution in [0.4, 0.5) is 0 Å². The van der Waals surface area contributed by atoms with E-state index >= 15 is 0 Å². The van der Waals surface area contributed by atoms with E-state index in [4.69, 9.17) is 4.74 Å². The van der Waals surface area contributed by atoms with Crippen LogP contribution in [-0.4, -0.2) is 51.4 Å². The summed E-state index contributed by atoms with van der Waals surface area (Å²) in [6.07, 6.45) is 2.76. The van der Waals surface area contributed by atoms with Gasteiger partial charge in [-0.2, -0.15) is 0 Å². The molecule has 0 aliphatic carbocycles. The molecule has 2 N–H and O–H groups in total. The van der Waals surface area contributed by atoms with Crippen molar-refractivity contribution in [3.8, 4) is 0 Å². The number of carbonyl (C=O) groups is 1. The van der Waals surface area contributed by atoms with Gasteiger partial charge in [-0.15, -0.1) is 24.0 Å². The number of nitrogens with zero attached hydrogens (tertiary/aromatic N) is 1. The first-order valence-electron chi connectivity index (χ1n) is 6.46. The van der Waals surface area contributed by atoms with Crippen molar-refractivity contribution < 1.29 is 14.3 Å². The minimum Gasteiger partial charge on any atom is -0.469 e. The average molecular weight is 385 g/mol. The van der Waals surface area contributed by atoms with Gasteiger partial charge >= 0.3 is 5.97 Å². The van der Waals surface area contributed by atoms with Crippen molar-refractivity contribution in [2.24, 2.45) is 4.99 Å². The van der Waals surface area contributed by atoms with Crippen LogP contribution in [0, 0.1) is 0 Å². The van der Waals surface area contributed by atoms with Crippen LogP contribution in [-0.2, 0) is 14.3 Å². The summed E-state index contributed by atoms with van der Waals surface area (Å²) in [5.74, 6) is 0.495. The van der Waals surface area contributed by atoms with Gasteiger partial charge in [0.25, 0.3) is 0 Å². The molecule has 0 radical (unpaired) electrons. The molecule has 1 aliphatic rings. The predicted molar refractivity (Wildman–Crippen MR) is 85.0 cm³/mol. The number of aliphatic imine (C=N–C) groups is 1. The van der Waals surface area contributed by atoms with E-state index in [1.165, 1.54) is 7.11 Å². The number of ether oxygens (including phenoxy) is 2. The van der Waals surface area contributed by atoms with E-state index in [1.54, 1.807) is 0 Å². The Morgan fingerprint density at radius 1 is 1.47 bits per heavy atom. The second-order valence-corrected chi connectivity index (χ2v) is 4.11. The van der Waals surface area contributed by atoms with Crippen LogP contribution in [0.15, 0.2) is 4.99 Å². The molecule has 112 valence electrons. The standard InChI is InChI=1S/C12H23N3O3.HI/c1-3-13-12(14-7-6-11(16)17-2)15-9-10-5-4-8-18-10;/h10H,3-9H2,1-2H3,(H2,13,14,15);1H. The molecule has 1 saturated heterocycles. The monoisotopic (exact) mass is 385 g/mol. The highest BCUT2D eigenvalue weighted by molar-refractivity contribution is 14.0. The van der Waals surface area contributed by atoms with E-state index in [0.29, 0.717) is 19.5 Å². The molecule has 0 spiro atoms. The van der Waals surface area contributed by atoms with Gasteiger partial charge in [-0.3, -0.25) is 9.79 Å². The first kappa shape index (κ1) is 18.4. The molecule has 1 aliphatic heterocycles. The van der Waals surface area contributed by atoms with Gasteiger partial charge in [0.05, 0.1) is 26.2 Å². The van der Waals surface area contributed by atoms with Crippen LogP contribution in [0.3, 0.4) is 0 Å². The Hall–Kier alpha value is -0.570. The van der Waals surface area contributed by atoms with Crippen LogP contribution in [0.5, 0.6) is 0 Å². The lowest BCUT2D eigenvalue weighted by Crippen LogP contribution is -2.39. The van der Waals surface area contributed by atoms with Gasteiger partial charge in [0, 0.05) is 19.7 Å². The lowest BCUT2D eigenvalue weighted by atomic mass is 10.2. The van der Waals surface area contributed by atoms with Crippen molar-refractivity contribution in [3.05, 3.63) is 0 Å². The van der Waals surface area contributed by atoms with Crippen molar-refractivity contribution in [1.82, 2.24) is 10.6 Å². The lowest BCUT2D eigenvalue weighted by molar-refractivity contribution is -0.140. The van der Waals surface area contributed by atoms with E-state index in [0.717, 1.165) is 32.0 Å². The molecule has 1 fully saturated rings. The number of hydrogen-bond acceptors (Lipinski definition) is 4. The van der Waals surface area contributed by atoms with Crippen LogP contribution in [0.1, 0.15) is 26.2 Å². The molecule has 0 bridgehead atoms. The molecule has 6 nitrogen and oxygen atoms in total. The molecule has 7 heteroatoms. The molecular weight excluding hydrogens is 361 g/mol. The number of rotatable bonds is 6. The zero-order valence-electron chi connectivity index (χ0n) is 11.6. The first-order valence-corrected chi connectivity index (χ1v) is 6.46. The van der Waals surface area contributed by atoms with E-state index in [9.17, 15) is 4.79 Å². The third-order valence-corrected chi connectivity index (χ3v) is 2.67. The van der Waals surface area contributed by atoms with Gasteiger partial charge in [0.15, 0.2) is 5.96 Å². The molecule has 0 aromatic carbocycles. The Kier molecular flexibility index (Phi) is 10.9. The highest BCUT2D eigenvalue weighted by Crippen LogP contribution is 2.11. The Labute approximate surface area is 131 Å². The molecule has 1 rings (SSSR count). The fourth-order valence-corrected chi connectivity index (χ4v) is 1.71. The third kappa shape index (κ3) is 8.25. The topological polar surface area (TPSA) is 72.0 Å². The third-order valence-electron chi connectivity index (χ3n) is 2.67. The highest BCUT2D eigenvalue weighted by Gasteiger charge is 2.14. The average Bonchev–Trinajstić information content (AvgIpc) is 2.88. The van der Waals surface area contributed by atoms with Crippen molar-refractivity contribution in [2.45, 2.75) is 32.3 Å². The molecule has 19 heavy (non-hydrogen) atoms. The summed E-state index contributed by atoms with van der Waals surface area (Å²) in [5, 5.41) is 6.22. The normalized spacial score (nSPS) is 18.6. The Morgan fingerprint density at radius 3 is 2.84 bits per heavy atom. The zero-order chi connectivity index (χ0) is 13.2. The van der Waals surface area contributed by atoms with Crippen LogP contribution in [0.2, 0.25) is 0 Å². The van der Waals surface area contributed by atoms with Gasteiger partial charge in [-0.1, -0.05) is 0 Å². The summed E-state index contributed by atoms with van der Waals surface area (Å²) >= 11 is 0. The summed E-state index contributed by atoms with van der Waals surface area (Å²) in [6.45, 7) is 4.81. The second-order valence-electron chi connectivity index (χ2n) is 4.11. The number of guanidine groups is 1. The Bertz CT molecular complexity index is 281. The maximum Gasteiger partial charge on any atom is 0.307 e. The summed E-state index contributed by atoms with van der Waals surface area (Å²) in [4.78, 5) is 15.4. The maximum absolute atomic E-state index is 11.0. The van der Waals surface area contributed by atoms with Crippen molar-refractivity contribution >= 4 is 35.9 Å². The molecule has 0 saturated carbocycles. The fourth-order valence-electron chi connectivity index (χ4n) is 1.71. The number of halogens is 1. The van der Waals surface area contributed by atoms with Crippen molar-refractivity contribution in [1.29, 1.82) is 0 Å². The van der Waals surface area contributed by atoms with Gasteiger partial charge in [-0.25, -0.2) is 0 Å². The van der Waals surface area contributed by atoms with E-state index in [-0.39, 0.29) is 36.0 Å². The number of esters is 1. The predicted octanol–water partition coefficient (Wildman–Crippen LogP) is 0.902. The minimum atomic E-state index is -0.225. The number of hydrogen-bond donors (Lipinski definition) is 2. The summed E-state index contributed by atoms with van der Waals surface area (Å²) < 4.78 is 10.1. The maximum atomic E-state index is 11.0. The molecule has 0 aromatic rings.